The second-order valence-corrected chi connectivity index (χ2v) is 9.70. The maximum absolute atomic E-state index is 12.4. The zero-order chi connectivity index (χ0) is 19.5. The number of thioether (sulfide) groups is 1. The molecule has 1 aromatic carbocycles. The van der Waals surface area contributed by atoms with Gasteiger partial charge in [-0.2, -0.15) is 24.4 Å². The van der Waals surface area contributed by atoms with Crippen LogP contribution < -0.4 is 0 Å². The fraction of sp³-hybridized carbons (Fsp3) is 0.600. The maximum atomic E-state index is 12.4. The molecule has 0 bridgehead atoms. The number of nitrogens with zero attached hydrogens (tertiary/aromatic N) is 1. The van der Waals surface area contributed by atoms with E-state index in [1.807, 2.05) is 0 Å². The van der Waals surface area contributed by atoms with E-state index < -0.39 is 12.0 Å². The molecule has 3 atom stereocenters. The van der Waals surface area contributed by atoms with E-state index in [1.54, 1.807) is 18.7 Å². The summed E-state index contributed by atoms with van der Waals surface area (Å²) in [6.07, 6.45) is 0.505. The van der Waals surface area contributed by atoms with Crippen molar-refractivity contribution in [2.45, 2.75) is 56.6 Å². The number of benzene rings is 1. The molecule has 1 N–H and O–H groups in total. The van der Waals surface area contributed by atoms with Crippen molar-refractivity contribution in [3.8, 4) is 0 Å². The van der Waals surface area contributed by atoms with Crippen molar-refractivity contribution in [2.75, 3.05) is 12.3 Å². The van der Waals surface area contributed by atoms with Crippen LogP contribution in [0.5, 0.6) is 0 Å². The Kier molecular flexibility index (Phi) is 7.08. The van der Waals surface area contributed by atoms with E-state index >= 15 is 0 Å². The molecule has 0 spiro atoms. The number of aliphatic carboxylic acids is 1. The first-order valence-corrected chi connectivity index (χ1v) is 10.7. The number of hydrogen-bond donors (Lipinski definition) is 2. The first kappa shape index (κ1) is 21.2. The minimum absolute atomic E-state index is 0.106. The first-order valence-electron chi connectivity index (χ1n) is 8.98. The molecule has 2 unspecified atom stereocenters. The largest absolute Gasteiger partial charge is 0.480 e. The molecular weight excluding hydrogens is 366 g/mol. The molecule has 0 aromatic heterocycles. The van der Waals surface area contributed by atoms with Crippen LogP contribution >= 0.6 is 24.4 Å². The van der Waals surface area contributed by atoms with E-state index in [2.05, 4.69) is 57.7 Å². The molecule has 0 aliphatic carbocycles. The van der Waals surface area contributed by atoms with Crippen LogP contribution in [0.15, 0.2) is 24.3 Å². The highest BCUT2D eigenvalue weighted by molar-refractivity contribution is 7.99. The minimum atomic E-state index is -0.914. The summed E-state index contributed by atoms with van der Waals surface area (Å²) in [4.78, 5) is 25.5. The van der Waals surface area contributed by atoms with Gasteiger partial charge in [0, 0.05) is 29.2 Å². The third-order valence-electron chi connectivity index (χ3n) is 4.83. The number of hydrogen-bond acceptors (Lipinski definition) is 4. The summed E-state index contributed by atoms with van der Waals surface area (Å²) in [7, 11) is 0. The number of thiol groups is 1. The number of carbonyl (C=O) groups is 2. The number of carboxylic acid groups (broad SMARTS) is 1. The molecule has 6 heteroatoms. The molecule has 1 fully saturated rings. The Morgan fingerprint density at radius 3 is 2.42 bits per heavy atom. The van der Waals surface area contributed by atoms with E-state index in [4.69, 9.17) is 0 Å². The van der Waals surface area contributed by atoms with Gasteiger partial charge in [-0.05, 0) is 23.0 Å². The molecule has 4 nitrogen and oxygen atoms in total. The van der Waals surface area contributed by atoms with Gasteiger partial charge in [-0.25, -0.2) is 4.79 Å². The molecule has 0 radical (unpaired) electrons. The van der Waals surface area contributed by atoms with Crippen LogP contribution in [0.3, 0.4) is 0 Å². The van der Waals surface area contributed by atoms with Crippen LogP contribution in [0, 0.1) is 5.92 Å². The number of rotatable bonds is 6. The van der Waals surface area contributed by atoms with Crippen LogP contribution in [-0.2, 0) is 20.8 Å². The summed E-state index contributed by atoms with van der Waals surface area (Å²) in [6, 6.07) is 7.89. The third-order valence-corrected chi connectivity index (χ3v) is 6.69. The molecule has 144 valence electrons. The van der Waals surface area contributed by atoms with Crippen molar-refractivity contribution in [1.29, 1.82) is 0 Å². The van der Waals surface area contributed by atoms with Gasteiger partial charge in [0.05, 0.1) is 0 Å². The lowest BCUT2D eigenvalue weighted by molar-refractivity contribution is -0.149. The molecule has 2 rings (SSSR count). The molecule has 26 heavy (non-hydrogen) atoms. The number of likely N-dealkylation sites (tertiary alicyclic amines) is 1. The Bertz CT molecular complexity index is 639. The summed E-state index contributed by atoms with van der Waals surface area (Å²) in [5.74, 6) is -0.0215. The van der Waals surface area contributed by atoms with Crippen molar-refractivity contribution in [3.05, 3.63) is 35.4 Å². The van der Waals surface area contributed by atoms with Crippen molar-refractivity contribution < 1.29 is 14.7 Å². The monoisotopic (exact) mass is 395 g/mol. The second-order valence-electron chi connectivity index (χ2n) is 8.04. The highest BCUT2D eigenvalue weighted by Gasteiger charge is 2.40. The van der Waals surface area contributed by atoms with Gasteiger partial charge < -0.3 is 10.0 Å². The quantitative estimate of drug-likeness (QED) is 0.719. The normalized spacial score (nSPS) is 21.7. The zero-order valence-corrected chi connectivity index (χ0v) is 17.6. The van der Waals surface area contributed by atoms with Gasteiger partial charge in [0.15, 0.2) is 0 Å². The van der Waals surface area contributed by atoms with Gasteiger partial charge in [0.2, 0.25) is 5.91 Å². The predicted octanol–water partition coefficient (Wildman–Crippen LogP) is 3.84. The summed E-state index contributed by atoms with van der Waals surface area (Å²) in [6.45, 7) is 8.88. The highest BCUT2D eigenvalue weighted by atomic mass is 32.2. The molecule has 1 aliphatic heterocycles. The van der Waals surface area contributed by atoms with Crippen LogP contribution in [-0.4, -0.2) is 45.5 Å². The van der Waals surface area contributed by atoms with Crippen molar-refractivity contribution >= 4 is 36.3 Å². The molecule has 1 heterocycles. The van der Waals surface area contributed by atoms with Gasteiger partial charge in [-0.3, -0.25) is 4.79 Å². The number of carbonyl (C=O) groups excluding carboxylic acids is 1. The lowest BCUT2D eigenvalue weighted by atomic mass is 9.87. The average molecular weight is 396 g/mol. The zero-order valence-electron chi connectivity index (χ0n) is 15.9. The van der Waals surface area contributed by atoms with E-state index in [0.717, 1.165) is 5.75 Å². The van der Waals surface area contributed by atoms with Gasteiger partial charge in [0.1, 0.15) is 6.04 Å². The molecule has 0 saturated carbocycles. The van der Waals surface area contributed by atoms with Crippen LogP contribution in [0.1, 0.15) is 45.2 Å². The highest BCUT2D eigenvalue weighted by Crippen LogP contribution is 2.32. The SMILES string of the molecule is C[C@H](CS)C(=O)N1CC(SCc2ccc(C(C)(C)C)cc2)CC1C(=O)O. The fourth-order valence-electron chi connectivity index (χ4n) is 3.07. The second kappa shape index (κ2) is 8.70. The van der Waals surface area contributed by atoms with E-state index in [0.29, 0.717) is 18.7 Å². The minimum Gasteiger partial charge on any atom is -0.480 e. The Morgan fingerprint density at radius 2 is 1.92 bits per heavy atom. The van der Waals surface area contributed by atoms with E-state index in [9.17, 15) is 14.7 Å². The predicted molar refractivity (Wildman–Crippen MR) is 111 cm³/mol. The summed E-state index contributed by atoms with van der Waals surface area (Å²) in [5.41, 5.74) is 2.66. The number of carboxylic acids is 1. The maximum Gasteiger partial charge on any atom is 0.326 e. The molecular formula is C20H29NO3S2. The molecule has 1 aromatic rings. The van der Waals surface area contributed by atoms with Crippen LogP contribution in [0.4, 0.5) is 0 Å². The topological polar surface area (TPSA) is 57.6 Å². The van der Waals surface area contributed by atoms with Gasteiger partial charge in [0.25, 0.3) is 0 Å². The standard InChI is InChI=1S/C20H29NO3S2/c1-13(11-25)18(22)21-10-16(9-17(21)19(23)24)26-12-14-5-7-15(8-6-14)20(2,3)4/h5-8,13,16-17,25H,9-12H2,1-4H3,(H,23,24)/t13-,16?,17?/m1/s1. The molecule has 1 saturated heterocycles. The van der Waals surface area contributed by atoms with Crippen LogP contribution in [0.2, 0.25) is 0 Å². The Balaban J connectivity index is 1.98. The first-order chi connectivity index (χ1) is 12.1. The van der Waals surface area contributed by atoms with Crippen LogP contribution in [0.25, 0.3) is 0 Å². The summed E-state index contributed by atoms with van der Waals surface area (Å²) < 4.78 is 0. The Labute approximate surface area is 166 Å². The van der Waals surface area contributed by atoms with Crippen molar-refractivity contribution in [1.82, 2.24) is 4.90 Å². The Morgan fingerprint density at radius 1 is 1.31 bits per heavy atom. The van der Waals surface area contributed by atoms with Gasteiger partial charge in [-0.1, -0.05) is 52.0 Å². The summed E-state index contributed by atoms with van der Waals surface area (Å²) in [5, 5.41) is 9.62. The van der Waals surface area contributed by atoms with Crippen molar-refractivity contribution in [2.24, 2.45) is 5.92 Å². The molecule has 1 amide bonds. The van der Waals surface area contributed by atoms with Gasteiger partial charge >= 0.3 is 5.97 Å². The van der Waals surface area contributed by atoms with E-state index in [-0.39, 0.29) is 22.5 Å². The Hall–Kier alpha value is -1.14. The van der Waals surface area contributed by atoms with Gasteiger partial charge in [-0.15, -0.1) is 0 Å². The lowest BCUT2D eigenvalue weighted by Crippen LogP contribution is -2.43. The number of amides is 1. The van der Waals surface area contributed by atoms with E-state index in [1.165, 1.54) is 16.0 Å². The molecule has 1 aliphatic rings. The third kappa shape index (κ3) is 5.19. The smallest absolute Gasteiger partial charge is 0.326 e. The lowest BCUT2D eigenvalue weighted by Gasteiger charge is -2.24. The average Bonchev–Trinajstić information content (AvgIpc) is 3.02. The fourth-order valence-corrected chi connectivity index (χ4v) is 4.43. The summed E-state index contributed by atoms with van der Waals surface area (Å²) >= 11 is 5.90. The van der Waals surface area contributed by atoms with Crippen molar-refractivity contribution in [3.63, 3.8) is 0 Å².